The molecule has 0 bridgehead atoms. The number of hydrogen-bond acceptors (Lipinski definition) is 1. The molecule has 23 heavy (non-hydrogen) atoms. The number of benzene rings is 1. The van der Waals surface area contributed by atoms with Gasteiger partial charge in [-0.3, -0.25) is 0 Å². The number of rotatable bonds is 12. The van der Waals surface area contributed by atoms with Gasteiger partial charge >= 0.3 is 0 Å². The van der Waals surface area contributed by atoms with Gasteiger partial charge in [-0.15, -0.1) is 11.6 Å². The van der Waals surface area contributed by atoms with Gasteiger partial charge in [-0.05, 0) is 26.1 Å². The summed E-state index contributed by atoms with van der Waals surface area (Å²) in [5.74, 6) is 0.844. The van der Waals surface area contributed by atoms with Crippen molar-refractivity contribution in [2.45, 2.75) is 77.7 Å². The molecular weight excluding hydrogens is 302 g/mol. The maximum Gasteiger partial charge on any atom is 0.0227 e. The van der Waals surface area contributed by atoms with Crippen molar-refractivity contribution in [3.8, 4) is 0 Å². The molecule has 0 radical (unpaired) electrons. The molecule has 1 aromatic rings. The molecule has 0 aliphatic rings. The van der Waals surface area contributed by atoms with Crippen LogP contribution in [0.2, 0.25) is 0 Å². The van der Waals surface area contributed by atoms with E-state index in [-0.39, 0.29) is 0 Å². The molecule has 0 unspecified atom stereocenters. The van der Waals surface area contributed by atoms with Crippen molar-refractivity contribution in [1.29, 1.82) is 0 Å². The summed E-state index contributed by atoms with van der Waals surface area (Å²) in [6.45, 7) is 3.30. The third kappa shape index (κ3) is 17.7. The van der Waals surface area contributed by atoms with Gasteiger partial charge in [0.25, 0.3) is 0 Å². The zero-order valence-electron chi connectivity index (χ0n) is 15.7. The highest BCUT2D eigenvalue weighted by Crippen LogP contribution is 2.10. The van der Waals surface area contributed by atoms with E-state index in [0.717, 1.165) is 12.4 Å². The second-order valence-corrected chi connectivity index (χ2v) is 6.97. The molecule has 1 nitrogen and oxygen atoms in total. The molecule has 0 amide bonds. The van der Waals surface area contributed by atoms with E-state index in [1.54, 1.807) is 0 Å². The van der Waals surface area contributed by atoms with Crippen LogP contribution in [0.1, 0.15) is 76.7 Å². The molecule has 0 heterocycles. The average Bonchev–Trinajstić information content (AvgIpc) is 2.54. The minimum absolute atomic E-state index is 0.844. The maximum atomic E-state index is 5.60. The molecule has 0 atom stereocenters. The summed E-state index contributed by atoms with van der Waals surface area (Å²) in [7, 11) is 4.15. The Bertz CT molecular complexity index is 314. The lowest BCUT2D eigenvalue weighted by Gasteiger charge is -2.08. The van der Waals surface area contributed by atoms with Gasteiger partial charge in [0.1, 0.15) is 0 Å². The molecule has 2 heteroatoms. The van der Waals surface area contributed by atoms with Gasteiger partial charge in [0.15, 0.2) is 0 Å². The van der Waals surface area contributed by atoms with Crippen LogP contribution >= 0.6 is 11.6 Å². The van der Waals surface area contributed by atoms with Crippen molar-refractivity contribution < 1.29 is 0 Å². The molecule has 0 aliphatic carbocycles. The Morgan fingerprint density at radius 2 is 1.22 bits per heavy atom. The molecule has 1 aromatic carbocycles. The minimum Gasteiger partial charge on any atom is -0.305 e. The molecule has 0 aromatic heterocycles. The highest BCUT2D eigenvalue weighted by Gasteiger charge is 1.91. The third-order valence-corrected chi connectivity index (χ3v) is 4.10. The quantitative estimate of drug-likeness (QED) is 0.296. The number of alkyl halides is 1. The van der Waals surface area contributed by atoms with Gasteiger partial charge in [-0.1, -0.05) is 95.0 Å². The highest BCUT2D eigenvalue weighted by atomic mass is 35.5. The van der Waals surface area contributed by atoms with Crippen molar-refractivity contribution in [2.75, 3.05) is 20.0 Å². The molecule has 0 spiro atoms. The maximum absolute atomic E-state index is 5.60. The zero-order valence-corrected chi connectivity index (χ0v) is 16.5. The smallest absolute Gasteiger partial charge is 0.0227 e. The minimum atomic E-state index is 0.844. The van der Waals surface area contributed by atoms with E-state index in [4.69, 9.17) is 11.6 Å². The molecule has 0 aliphatic heterocycles. The average molecular weight is 340 g/mol. The van der Waals surface area contributed by atoms with Crippen molar-refractivity contribution >= 4 is 11.6 Å². The fourth-order valence-corrected chi connectivity index (χ4v) is 2.72. The fourth-order valence-electron chi connectivity index (χ4n) is 2.53. The van der Waals surface area contributed by atoms with Crippen molar-refractivity contribution in [3.63, 3.8) is 0 Å². The summed E-state index contributed by atoms with van der Waals surface area (Å²) >= 11 is 5.60. The predicted molar refractivity (Wildman–Crippen MR) is 106 cm³/mol. The second kappa shape index (κ2) is 17.8. The molecule has 0 saturated carbocycles. The van der Waals surface area contributed by atoms with Gasteiger partial charge in [0, 0.05) is 12.4 Å². The van der Waals surface area contributed by atoms with Crippen LogP contribution in [0.3, 0.4) is 0 Å². The fraction of sp³-hybridized carbons (Fsp3) is 0.714. The summed E-state index contributed by atoms with van der Waals surface area (Å²) in [5.41, 5.74) is 1.37. The van der Waals surface area contributed by atoms with Gasteiger partial charge in [-0.2, -0.15) is 0 Å². The number of halogens is 1. The number of hydrogen-bond donors (Lipinski definition) is 0. The first-order valence-corrected chi connectivity index (χ1v) is 9.98. The van der Waals surface area contributed by atoms with E-state index < -0.39 is 0 Å². The first-order valence-electron chi connectivity index (χ1n) is 9.45. The normalized spacial score (nSPS) is 10.5. The van der Waals surface area contributed by atoms with Crippen LogP contribution in [0.5, 0.6) is 0 Å². The number of nitrogens with zero attached hydrogens (tertiary/aromatic N) is 1. The largest absolute Gasteiger partial charge is 0.305 e. The summed E-state index contributed by atoms with van der Waals surface area (Å²) < 4.78 is 0. The second-order valence-electron chi connectivity index (χ2n) is 6.59. The molecule has 134 valence electrons. The number of unbranched alkanes of at least 4 members (excludes halogenated alkanes) is 9. The monoisotopic (exact) mass is 339 g/mol. The Kier molecular flexibility index (Phi) is 17.4. The van der Waals surface area contributed by atoms with Gasteiger partial charge < -0.3 is 4.90 Å². The standard InChI is InChI=1S/C12H25Cl.C9H13N/c1-2-3-4-5-6-7-8-9-10-11-12-13;1-10(2)8-9-6-4-3-5-7-9/h2-12H2,1H3;3-7H,8H2,1-2H3. The van der Waals surface area contributed by atoms with Gasteiger partial charge in [0.05, 0.1) is 0 Å². The molecule has 0 fully saturated rings. The predicted octanol–water partition coefficient (Wildman–Crippen LogP) is 6.89. The lowest BCUT2D eigenvalue weighted by Crippen LogP contribution is -2.10. The van der Waals surface area contributed by atoms with Crippen LogP contribution < -0.4 is 0 Å². The van der Waals surface area contributed by atoms with E-state index in [0.29, 0.717) is 0 Å². The van der Waals surface area contributed by atoms with Crippen LogP contribution in [-0.4, -0.2) is 24.9 Å². The lowest BCUT2D eigenvalue weighted by atomic mass is 10.1. The van der Waals surface area contributed by atoms with E-state index in [9.17, 15) is 0 Å². The van der Waals surface area contributed by atoms with Crippen LogP contribution in [0.15, 0.2) is 30.3 Å². The SMILES string of the molecule is CCCCCCCCCCCCCl.CN(C)Cc1ccccc1. The Balaban J connectivity index is 0.000000433. The van der Waals surface area contributed by atoms with Crippen LogP contribution in [0, 0.1) is 0 Å². The molecule has 0 saturated heterocycles. The molecule has 0 N–H and O–H groups in total. The first kappa shape index (κ1) is 22.5. The Morgan fingerprint density at radius 1 is 0.739 bits per heavy atom. The summed E-state index contributed by atoms with van der Waals surface area (Å²) in [6, 6.07) is 10.5. The lowest BCUT2D eigenvalue weighted by molar-refractivity contribution is 0.402. The van der Waals surface area contributed by atoms with Crippen LogP contribution in [0.25, 0.3) is 0 Å². The highest BCUT2D eigenvalue weighted by molar-refractivity contribution is 6.17. The Morgan fingerprint density at radius 3 is 1.65 bits per heavy atom. The van der Waals surface area contributed by atoms with Crippen molar-refractivity contribution in [1.82, 2.24) is 4.90 Å². The van der Waals surface area contributed by atoms with Gasteiger partial charge in [-0.25, -0.2) is 0 Å². The summed E-state index contributed by atoms with van der Waals surface area (Å²) in [4.78, 5) is 2.16. The Hall–Kier alpha value is -0.530. The molecule has 1 rings (SSSR count). The molecular formula is C21H38ClN. The van der Waals surface area contributed by atoms with E-state index in [2.05, 4.69) is 50.2 Å². The Labute approximate surface area is 150 Å². The van der Waals surface area contributed by atoms with Crippen molar-refractivity contribution in [2.24, 2.45) is 0 Å². The van der Waals surface area contributed by atoms with E-state index >= 15 is 0 Å². The topological polar surface area (TPSA) is 3.24 Å². The van der Waals surface area contributed by atoms with Crippen molar-refractivity contribution in [3.05, 3.63) is 35.9 Å². The zero-order chi connectivity index (χ0) is 17.2. The van der Waals surface area contributed by atoms with Crippen LogP contribution in [-0.2, 0) is 6.54 Å². The van der Waals surface area contributed by atoms with E-state index in [1.807, 2.05) is 6.07 Å². The van der Waals surface area contributed by atoms with E-state index in [1.165, 1.54) is 69.8 Å². The summed E-state index contributed by atoms with van der Waals surface area (Å²) in [5, 5.41) is 0. The third-order valence-electron chi connectivity index (χ3n) is 3.83. The van der Waals surface area contributed by atoms with Gasteiger partial charge in [0.2, 0.25) is 0 Å². The van der Waals surface area contributed by atoms with Crippen LogP contribution in [0.4, 0.5) is 0 Å². The summed E-state index contributed by atoms with van der Waals surface area (Å²) in [6.07, 6.45) is 13.9. The first-order chi connectivity index (χ1) is 11.2.